The van der Waals surface area contributed by atoms with Crippen molar-refractivity contribution >= 4 is 34.4 Å². The molecule has 0 spiro atoms. The van der Waals surface area contributed by atoms with E-state index >= 15 is 0 Å². The van der Waals surface area contributed by atoms with Crippen LogP contribution in [0, 0.1) is 23.2 Å². The van der Waals surface area contributed by atoms with E-state index in [0.717, 1.165) is 25.7 Å². The van der Waals surface area contributed by atoms with Gasteiger partial charge in [0.1, 0.15) is 17.3 Å². The molecule has 40 heavy (non-hydrogen) atoms. The summed E-state index contributed by atoms with van der Waals surface area (Å²) in [6.07, 6.45) is 3.32. The van der Waals surface area contributed by atoms with Crippen molar-refractivity contribution < 1.29 is 23.1 Å². The summed E-state index contributed by atoms with van der Waals surface area (Å²) < 4.78 is 32.7. The van der Waals surface area contributed by atoms with Crippen LogP contribution in [-0.2, 0) is 4.79 Å². The van der Waals surface area contributed by atoms with Crippen molar-refractivity contribution in [1.82, 2.24) is 15.3 Å². The van der Waals surface area contributed by atoms with E-state index in [2.05, 4.69) is 32.2 Å². The van der Waals surface area contributed by atoms with Crippen LogP contribution >= 0.6 is 11.8 Å². The molecule has 212 valence electrons. The SMILES string of the molecule is COc1cnc(C(F)F)cc1-c1cc(N2CCCC(C)(C)C2=O)ncc1C(=O)NC(C)S/C(C#CC1CC1)=N\N. The molecule has 9 nitrogen and oxygen atoms in total. The Kier molecular flexibility index (Phi) is 8.93. The van der Waals surface area contributed by atoms with Crippen LogP contribution in [0.4, 0.5) is 14.6 Å². The molecular formula is C28H32F2N6O3S. The van der Waals surface area contributed by atoms with Gasteiger partial charge in [0.05, 0.1) is 24.2 Å². The Morgan fingerprint density at radius 2 is 2.02 bits per heavy atom. The molecule has 2 aromatic rings. The van der Waals surface area contributed by atoms with Gasteiger partial charge in [-0.15, -0.1) is 0 Å². The number of methoxy groups -OCH3 is 1. The summed E-state index contributed by atoms with van der Waals surface area (Å²) in [6, 6.07) is 2.75. The van der Waals surface area contributed by atoms with Crippen LogP contribution in [0.2, 0.25) is 0 Å². The average molecular weight is 571 g/mol. The number of nitrogens with zero attached hydrogens (tertiary/aromatic N) is 4. The molecule has 1 atom stereocenters. The lowest BCUT2D eigenvalue weighted by Crippen LogP contribution is -2.46. The zero-order chi connectivity index (χ0) is 29.0. The zero-order valence-corrected chi connectivity index (χ0v) is 23.6. The first-order valence-corrected chi connectivity index (χ1v) is 13.8. The number of nitrogens with two attached hydrogens (primary N) is 1. The summed E-state index contributed by atoms with van der Waals surface area (Å²) in [7, 11) is 1.39. The van der Waals surface area contributed by atoms with Gasteiger partial charge in [0, 0.05) is 35.2 Å². The van der Waals surface area contributed by atoms with Crippen molar-refractivity contribution in [2.24, 2.45) is 22.3 Å². The number of carbonyl (C=O) groups excluding carboxylic acids is 2. The second-order valence-corrected chi connectivity index (χ2v) is 11.7. The summed E-state index contributed by atoms with van der Waals surface area (Å²) >= 11 is 1.19. The van der Waals surface area contributed by atoms with E-state index in [1.807, 2.05) is 13.8 Å². The number of aromatic nitrogens is 2. The normalized spacial score (nSPS) is 17.7. The molecule has 2 amide bonds. The summed E-state index contributed by atoms with van der Waals surface area (Å²) in [6.45, 7) is 5.95. The third-order valence-electron chi connectivity index (χ3n) is 6.74. The summed E-state index contributed by atoms with van der Waals surface area (Å²) in [5.74, 6) is 11.8. The minimum Gasteiger partial charge on any atom is -0.494 e. The van der Waals surface area contributed by atoms with E-state index < -0.39 is 28.8 Å². The number of anilines is 1. The number of thioether (sulfide) groups is 1. The maximum Gasteiger partial charge on any atom is 0.280 e. The smallest absolute Gasteiger partial charge is 0.280 e. The summed E-state index contributed by atoms with van der Waals surface area (Å²) in [4.78, 5) is 36.5. The van der Waals surface area contributed by atoms with Gasteiger partial charge in [-0.05, 0) is 50.7 Å². The van der Waals surface area contributed by atoms with E-state index in [-0.39, 0.29) is 28.3 Å². The highest BCUT2D eigenvalue weighted by atomic mass is 32.2. The van der Waals surface area contributed by atoms with Crippen LogP contribution in [0.25, 0.3) is 11.1 Å². The fourth-order valence-corrected chi connectivity index (χ4v) is 5.04. The van der Waals surface area contributed by atoms with Gasteiger partial charge in [0.2, 0.25) is 5.91 Å². The minimum absolute atomic E-state index is 0.102. The second kappa shape index (κ2) is 12.2. The van der Waals surface area contributed by atoms with Gasteiger partial charge in [0.25, 0.3) is 12.3 Å². The third kappa shape index (κ3) is 6.70. The van der Waals surface area contributed by atoms with Gasteiger partial charge in [-0.2, -0.15) is 5.10 Å². The molecule has 2 aliphatic rings. The molecular weight excluding hydrogens is 538 g/mol. The fraction of sp³-hybridized carbons (Fsp3) is 0.464. The molecule has 0 radical (unpaired) electrons. The molecule has 1 aliphatic carbocycles. The largest absolute Gasteiger partial charge is 0.494 e. The second-order valence-electron chi connectivity index (χ2n) is 10.4. The Hall–Kier alpha value is -3.72. The number of carbonyl (C=O) groups is 2. The lowest BCUT2D eigenvalue weighted by Gasteiger charge is -2.36. The van der Waals surface area contributed by atoms with Gasteiger partial charge in [-0.3, -0.25) is 19.5 Å². The molecule has 0 aromatic carbocycles. The number of rotatable bonds is 7. The Labute approximate surface area is 236 Å². The highest BCUT2D eigenvalue weighted by Crippen LogP contribution is 2.38. The van der Waals surface area contributed by atoms with Crippen molar-refractivity contribution in [3.05, 3.63) is 35.8 Å². The predicted molar refractivity (Wildman–Crippen MR) is 151 cm³/mol. The number of nitrogens with one attached hydrogen (secondary N) is 1. The van der Waals surface area contributed by atoms with Gasteiger partial charge in [0.15, 0.2) is 5.04 Å². The van der Waals surface area contributed by atoms with Crippen molar-refractivity contribution in [1.29, 1.82) is 0 Å². The predicted octanol–water partition coefficient (Wildman–Crippen LogP) is 4.74. The molecule has 1 unspecified atom stereocenters. The molecule has 1 saturated carbocycles. The van der Waals surface area contributed by atoms with Crippen LogP contribution in [-0.4, -0.2) is 45.9 Å². The van der Waals surface area contributed by atoms with Crippen LogP contribution in [0.1, 0.15) is 68.9 Å². The topological polar surface area (TPSA) is 123 Å². The van der Waals surface area contributed by atoms with Gasteiger partial charge >= 0.3 is 0 Å². The number of hydrogen-bond acceptors (Lipinski definition) is 8. The summed E-state index contributed by atoms with van der Waals surface area (Å²) in [5.41, 5.74) is -0.439. The monoisotopic (exact) mass is 570 g/mol. The van der Waals surface area contributed by atoms with Gasteiger partial charge < -0.3 is 15.9 Å². The van der Waals surface area contributed by atoms with Crippen LogP contribution in [0.15, 0.2) is 29.6 Å². The number of hydrogen-bond donors (Lipinski definition) is 2. The number of alkyl halides is 2. The maximum absolute atomic E-state index is 13.6. The van der Waals surface area contributed by atoms with Crippen molar-refractivity contribution in [3.8, 4) is 28.7 Å². The Morgan fingerprint density at radius 1 is 1.27 bits per heavy atom. The first-order chi connectivity index (χ1) is 19.0. The quantitative estimate of drug-likeness (QED) is 0.123. The lowest BCUT2D eigenvalue weighted by molar-refractivity contribution is -0.128. The first kappa shape index (κ1) is 29.3. The van der Waals surface area contributed by atoms with Crippen molar-refractivity contribution in [2.75, 3.05) is 18.6 Å². The minimum atomic E-state index is -2.84. The third-order valence-corrected chi connectivity index (χ3v) is 7.64. The maximum atomic E-state index is 13.6. The highest BCUT2D eigenvalue weighted by Gasteiger charge is 2.37. The lowest BCUT2D eigenvalue weighted by atomic mass is 9.83. The molecule has 0 bridgehead atoms. The van der Waals surface area contributed by atoms with Crippen molar-refractivity contribution in [3.63, 3.8) is 0 Å². The van der Waals surface area contributed by atoms with E-state index in [1.165, 1.54) is 37.3 Å². The zero-order valence-electron chi connectivity index (χ0n) is 22.8. The van der Waals surface area contributed by atoms with Gasteiger partial charge in [-0.1, -0.05) is 31.5 Å². The average Bonchev–Trinajstić information content (AvgIpc) is 3.76. The van der Waals surface area contributed by atoms with Crippen LogP contribution in [0.5, 0.6) is 5.75 Å². The highest BCUT2D eigenvalue weighted by molar-refractivity contribution is 8.15. The molecule has 2 fully saturated rings. The summed E-state index contributed by atoms with van der Waals surface area (Å²) in [5, 5.41) is 6.49. The van der Waals surface area contributed by atoms with Crippen LogP contribution < -0.4 is 20.8 Å². The number of ether oxygens (including phenoxy) is 1. The molecule has 3 N–H and O–H groups in total. The van der Waals surface area contributed by atoms with E-state index in [1.54, 1.807) is 17.9 Å². The molecule has 3 heterocycles. The van der Waals surface area contributed by atoms with E-state index in [4.69, 9.17) is 10.6 Å². The fourth-order valence-electron chi connectivity index (χ4n) is 4.36. The molecule has 12 heteroatoms. The molecule has 1 aliphatic heterocycles. The van der Waals surface area contributed by atoms with E-state index in [9.17, 15) is 18.4 Å². The number of hydrazone groups is 1. The molecule has 4 rings (SSSR count). The molecule has 2 aromatic heterocycles. The van der Waals surface area contributed by atoms with E-state index in [0.29, 0.717) is 23.3 Å². The Balaban J connectivity index is 1.71. The van der Waals surface area contributed by atoms with Gasteiger partial charge in [-0.25, -0.2) is 13.8 Å². The number of halogens is 2. The first-order valence-electron chi connectivity index (χ1n) is 13.0. The molecule has 1 saturated heterocycles. The number of amides is 2. The Bertz CT molecular complexity index is 1380. The number of pyridine rings is 2. The standard InChI is InChI=1S/C28H32F2N6O3S/c1-16(40-24(35-31)9-8-17-6-7-17)34-26(37)20-14-33-23(36-11-5-10-28(2,3)27(36)38)13-18(20)19-12-21(25(29)30)32-15-22(19)39-4/h12-17,25H,5-7,10-11,31H2,1-4H3,(H,34,37)/b35-24-. The Morgan fingerprint density at radius 3 is 2.67 bits per heavy atom. The van der Waals surface area contributed by atoms with Crippen molar-refractivity contribution in [2.45, 2.75) is 58.3 Å². The number of piperidine rings is 1. The van der Waals surface area contributed by atoms with Crippen LogP contribution in [0.3, 0.4) is 0 Å².